The average molecular weight is 576 g/mol. The fourth-order valence-corrected chi connectivity index (χ4v) is 4.35. The molecule has 1 aliphatic rings. The number of imidazole rings is 1. The van der Waals surface area contributed by atoms with Crippen molar-refractivity contribution >= 4 is 5.69 Å². The van der Waals surface area contributed by atoms with Gasteiger partial charge in [0.1, 0.15) is 23.5 Å². The van der Waals surface area contributed by atoms with Gasteiger partial charge in [0.25, 0.3) is 5.88 Å². The number of rotatable bonds is 10. The van der Waals surface area contributed by atoms with Crippen LogP contribution in [0.3, 0.4) is 0 Å². The first-order valence-electron chi connectivity index (χ1n) is 12.8. The molecule has 0 aliphatic heterocycles. The minimum Gasteiger partial charge on any atom is -0.480 e. The van der Waals surface area contributed by atoms with E-state index in [-0.39, 0.29) is 35.9 Å². The Balaban J connectivity index is 1.42. The Kier molecular flexibility index (Phi) is 7.74. The Hall–Kier alpha value is -4.36. The molecule has 0 atom stereocenters. The molecule has 5 rings (SSSR count). The highest BCUT2D eigenvalue weighted by Crippen LogP contribution is 2.45. The first-order valence-corrected chi connectivity index (χ1v) is 12.8. The van der Waals surface area contributed by atoms with Gasteiger partial charge in [-0.3, -0.25) is 0 Å². The molecule has 216 valence electrons. The standard InChI is InChI=1S/C27H26F5N7O2/c1-14(2)39-12-20(27(30,31)32)36-23(39)17-6-4-15(5-7-17)11-33-19-10-18(37-38-24(19)41-26(28)29)21-22(16-8-9-16)34-13-35-25(21)40-3/h4-7,10,12-14,16,26H,8-9,11H2,1-3H3,(H,33,37). The third-order valence-corrected chi connectivity index (χ3v) is 6.49. The molecule has 9 nitrogen and oxygen atoms in total. The van der Waals surface area contributed by atoms with Gasteiger partial charge in [0.15, 0.2) is 5.69 Å². The minimum absolute atomic E-state index is 0.150. The fourth-order valence-electron chi connectivity index (χ4n) is 4.35. The van der Waals surface area contributed by atoms with Gasteiger partial charge in [0.2, 0.25) is 5.88 Å². The summed E-state index contributed by atoms with van der Waals surface area (Å²) in [6, 6.07) is 7.99. The maximum atomic E-state index is 13.3. The molecule has 0 radical (unpaired) electrons. The van der Waals surface area contributed by atoms with Crippen LogP contribution in [-0.4, -0.2) is 43.4 Å². The molecule has 1 N–H and O–H groups in total. The van der Waals surface area contributed by atoms with E-state index in [0.29, 0.717) is 22.4 Å². The highest BCUT2D eigenvalue weighted by Gasteiger charge is 2.35. The van der Waals surface area contributed by atoms with Crippen LogP contribution in [0.2, 0.25) is 0 Å². The summed E-state index contributed by atoms with van der Waals surface area (Å²) in [5, 5.41) is 11.0. The molecule has 0 unspecified atom stereocenters. The summed E-state index contributed by atoms with van der Waals surface area (Å²) in [6.07, 6.45) is -0.274. The Morgan fingerprint density at radius 3 is 2.39 bits per heavy atom. The Morgan fingerprint density at radius 1 is 1.05 bits per heavy atom. The van der Waals surface area contributed by atoms with E-state index in [9.17, 15) is 22.0 Å². The SMILES string of the molecule is COc1ncnc(C2CC2)c1-c1cc(NCc2ccc(-c3nc(C(F)(F)F)cn3C(C)C)cc2)c(OC(F)F)nn1. The van der Waals surface area contributed by atoms with E-state index in [1.807, 2.05) is 0 Å². The van der Waals surface area contributed by atoms with E-state index in [1.165, 1.54) is 24.1 Å². The number of aromatic nitrogens is 6. The van der Waals surface area contributed by atoms with E-state index in [1.54, 1.807) is 38.1 Å². The van der Waals surface area contributed by atoms with Crippen LogP contribution in [0, 0.1) is 0 Å². The fraction of sp³-hybridized carbons (Fsp3) is 0.370. The predicted molar refractivity (Wildman–Crippen MR) is 139 cm³/mol. The van der Waals surface area contributed by atoms with Crippen LogP contribution < -0.4 is 14.8 Å². The number of hydrogen-bond donors (Lipinski definition) is 1. The zero-order valence-electron chi connectivity index (χ0n) is 22.3. The number of benzene rings is 1. The quantitative estimate of drug-likeness (QED) is 0.214. The van der Waals surface area contributed by atoms with Gasteiger partial charge >= 0.3 is 12.8 Å². The maximum Gasteiger partial charge on any atom is 0.434 e. The van der Waals surface area contributed by atoms with E-state index >= 15 is 0 Å². The summed E-state index contributed by atoms with van der Waals surface area (Å²) < 4.78 is 77.5. The lowest BCUT2D eigenvalue weighted by Crippen LogP contribution is -2.10. The Labute approximate surface area is 231 Å². The molecule has 0 saturated heterocycles. The van der Waals surface area contributed by atoms with Crippen LogP contribution in [0.4, 0.5) is 27.6 Å². The van der Waals surface area contributed by atoms with Gasteiger partial charge in [-0.25, -0.2) is 15.0 Å². The monoisotopic (exact) mass is 575 g/mol. The normalized spacial score (nSPS) is 13.6. The molecular weight excluding hydrogens is 549 g/mol. The molecule has 14 heteroatoms. The highest BCUT2D eigenvalue weighted by molar-refractivity contribution is 5.72. The van der Waals surface area contributed by atoms with Crippen molar-refractivity contribution < 1.29 is 31.4 Å². The number of methoxy groups -OCH3 is 1. The summed E-state index contributed by atoms with van der Waals surface area (Å²) in [6.45, 7) is 0.572. The van der Waals surface area contributed by atoms with Gasteiger partial charge in [0, 0.05) is 30.3 Å². The molecule has 1 saturated carbocycles. The number of alkyl halides is 5. The largest absolute Gasteiger partial charge is 0.480 e. The van der Waals surface area contributed by atoms with Gasteiger partial charge in [-0.15, -0.1) is 10.2 Å². The van der Waals surface area contributed by atoms with Crippen molar-refractivity contribution in [3.8, 4) is 34.4 Å². The maximum absolute atomic E-state index is 13.3. The molecule has 41 heavy (non-hydrogen) atoms. The van der Waals surface area contributed by atoms with E-state index < -0.39 is 24.4 Å². The first-order chi connectivity index (χ1) is 19.5. The van der Waals surface area contributed by atoms with Gasteiger partial charge in [-0.1, -0.05) is 24.3 Å². The van der Waals surface area contributed by atoms with Gasteiger partial charge < -0.3 is 19.4 Å². The van der Waals surface area contributed by atoms with Crippen LogP contribution in [0.15, 0.2) is 42.9 Å². The van der Waals surface area contributed by atoms with Crippen LogP contribution >= 0.6 is 0 Å². The zero-order chi connectivity index (χ0) is 29.3. The van der Waals surface area contributed by atoms with Gasteiger partial charge in [-0.05, 0) is 38.3 Å². The molecule has 4 aromatic rings. The van der Waals surface area contributed by atoms with Crippen molar-refractivity contribution in [3.05, 3.63) is 59.8 Å². The average Bonchev–Trinajstić information content (AvgIpc) is 3.68. The molecule has 1 fully saturated rings. The first kappa shape index (κ1) is 28.2. The second-order valence-corrected chi connectivity index (χ2v) is 9.74. The summed E-state index contributed by atoms with van der Waals surface area (Å²) in [4.78, 5) is 12.4. The van der Waals surface area contributed by atoms with Crippen molar-refractivity contribution in [1.29, 1.82) is 0 Å². The van der Waals surface area contributed by atoms with Crippen LogP contribution in [0.1, 0.15) is 55.6 Å². The molecule has 3 heterocycles. The number of hydrogen-bond acceptors (Lipinski definition) is 8. The molecule has 0 amide bonds. The molecular formula is C27H26F5N7O2. The van der Waals surface area contributed by atoms with E-state index in [4.69, 9.17) is 4.74 Å². The highest BCUT2D eigenvalue weighted by atomic mass is 19.4. The zero-order valence-corrected chi connectivity index (χ0v) is 22.3. The van der Waals surface area contributed by atoms with Crippen LogP contribution in [0.5, 0.6) is 11.8 Å². The number of halogens is 5. The molecule has 3 aromatic heterocycles. The Morgan fingerprint density at radius 2 is 1.78 bits per heavy atom. The van der Waals surface area contributed by atoms with Crippen LogP contribution in [-0.2, 0) is 12.7 Å². The van der Waals surface area contributed by atoms with Gasteiger partial charge in [-0.2, -0.15) is 22.0 Å². The van der Waals surface area contributed by atoms with Crippen molar-refractivity contribution in [3.63, 3.8) is 0 Å². The van der Waals surface area contributed by atoms with Crippen molar-refractivity contribution in [1.82, 2.24) is 29.7 Å². The summed E-state index contributed by atoms with van der Waals surface area (Å²) in [7, 11) is 1.46. The molecule has 1 aromatic carbocycles. The lowest BCUT2D eigenvalue weighted by atomic mass is 10.1. The molecule has 1 aliphatic carbocycles. The number of nitrogens with zero attached hydrogens (tertiary/aromatic N) is 6. The lowest BCUT2D eigenvalue weighted by molar-refractivity contribution is -0.140. The summed E-state index contributed by atoms with van der Waals surface area (Å²) in [5.41, 5.74) is 1.99. The second kappa shape index (κ2) is 11.3. The molecule has 0 bridgehead atoms. The summed E-state index contributed by atoms with van der Waals surface area (Å²) >= 11 is 0. The number of ether oxygens (including phenoxy) is 2. The van der Waals surface area contributed by atoms with E-state index in [0.717, 1.165) is 24.7 Å². The number of nitrogens with one attached hydrogen (secondary N) is 1. The van der Waals surface area contributed by atoms with Crippen LogP contribution in [0.25, 0.3) is 22.6 Å². The third kappa shape index (κ3) is 6.20. The third-order valence-electron chi connectivity index (χ3n) is 6.49. The Bertz CT molecular complexity index is 1520. The van der Waals surface area contributed by atoms with Crippen molar-refractivity contribution in [2.24, 2.45) is 0 Å². The second-order valence-electron chi connectivity index (χ2n) is 9.74. The summed E-state index contributed by atoms with van der Waals surface area (Å²) in [5.74, 6) is 0.290. The molecule has 0 spiro atoms. The lowest BCUT2D eigenvalue weighted by Gasteiger charge is -2.15. The smallest absolute Gasteiger partial charge is 0.434 e. The number of anilines is 1. The topological polar surface area (TPSA) is 99.9 Å². The van der Waals surface area contributed by atoms with Gasteiger partial charge in [0.05, 0.1) is 18.4 Å². The van der Waals surface area contributed by atoms with E-state index in [2.05, 4.69) is 35.2 Å². The predicted octanol–water partition coefficient (Wildman–Crippen LogP) is 6.50. The van der Waals surface area contributed by atoms with Crippen molar-refractivity contribution in [2.45, 2.75) is 58.0 Å². The van der Waals surface area contributed by atoms with Crippen molar-refractivity contribution in [2.75, 3.05) is 12.4 Å². The minimum atomic E-state index is -4.57.